The highest BCUT2D eigenvalue weighted by molar-refractivity contribution is 6.25. The monoisotopic (exact) mass is 176 g/mol. The standard InChI is InChI=1S/C10H12OSi/c1-4-10(5-2,6-3)9(11)7-8-12/h4-6H,1-3H2,12H3. The van der Waals surface area contributed by atoms with Crippen molar-refractivity contribution >= 4 is 16.0 Å². The van der Waals surface area contributed by atoms with Gasteiger partial charge in [0.05, 0.1) is 15.7 Å². The molecule has 0 bridgehead atoms. The van der Waals surface area contributed by atoms with E-state index >= 15 is 0 Å². The number of allylic oxidation sites excluding steroid dienone is 3. The highest BCUT2D eigenvalue weighted by Gasteiger charge is 2.26. The zero-order chi connectivity index (χ0) is 9.61. The average molecular weight is 176 g/mol. The maximum Gasteiger partial charge on any atom is 0.222 e. The largest absolute Gasteiger partial charge is 0.283 e. The fourth-order valence-electron chi connectivity index (χ4n) is 0.750. The van der Waals surface area contributed by atoms with Gasteiger partial charge in [-0.2, -0.15) is 0 Å². The van der Waals surface area contributed by atoms with Crippen molar-refractivity contribution in [1.29, 1.82) is 0 Å². The smallest absolute Gasteiger partial charge is 0.222 e. The quantitative estimate of drug-likeness (QED) is 0.345. The van der Waals surface area contributed by atoms with E-state index in [1.54, 1.807) is 0 Å². The number of Topliss-reactive ketones (excluding diaryl/α,β-unsaturated/α-hetero) is 1. The molecule has 12 heavy (non-hydrogen) atoms. The molecular formula is C10H12OSi. The van der Waals surface area contributed by atoms with Crippen LogP contribution in [0.4, 0.5) is 0 Å². The number of hydrogen-bond donors (Lipinski definition) is 0. The number of carbonyl (C=O) groups is 1. The lowest BCUT2D eigenvalue weighted by molar-refractivity contribution is -0.117. The maximum absolute atomic E-state index is 11.4. The molecule has 0 aromatic rings. The lowest BCUT2D eigenvalue weighted by Crippen LogP contribution is -2.22. The van der Waals surface area contributed by atoms with Crippen LogP contribution >= 0.6 is 0 Å². The van der Waals surface area contributed by atoms with E-state index in [9.17, 15) is 4.79 Å². The second kappa shape index (κ2) is 4.53. The predicted molar refractivity (Wildman–Crippen MR) is 55.7 cm³/mol. The van der Waals surface area contributed by atoms with E-state index < -0.39 is 5.41 Å². The van der Waals surface area contributed by atoms with Gasteiger partial charge in [-0.1, -0.05) is 18.2 Å². The van der Waals surface area contributed by atoms with Crippen LogP contribution in [0.2, 0.25) is 0 Å². The van der Waals surface area contributed by atoms with Crippen molar-refractivity contribution in [2.24, 2.45) is 5.41 Å². The minimum Gasteiger partial charge on any atom is -0.283 e. The molecule has 0 fully saturated rings. The summed E-state index contributed by atoms with van der Waals surface area (Å²) in [6.07, 6.45) is 4.50. The molecule has 0 aromatic carbocycles. The highest BCUT2D eigenvalue weighted by Crippen LogP contribution is 2.22. The van der Waals surface area contributed by atoms with Crippen molar-refractivity contribution in [2.75, 3.05) is 0 Å². The van der Waals surface area contributed by atoms with Gasteiger partial charge < -0.3 is 0 Å². The van der Waals surface area contributed by atoms with Crippen LogP contribution in [0.1, 0.15) is 0 Å². The number of rotatable bonds is 4. The molecule has 2 heteroatoms. The van der Waals surface area contributed by atoms with Crippen molar-refractivity contribution in [3.8, 4) is 11.5 Å². The van der Waals surface area contributed by atoms with E-state index in [1.807, 2.05) is 0 Å². The van der Waals surface area contributed by atoms with Crippen LogP contribution in [-0.4, -0.2) is 16.0 Å². The molecular weight excluding hydrogens is 164 g/mol. The molecule has 0 spiro atoms. The third kappa shape index (κ3) is 1.83. The van der Waals surface area contributed by atoms with E-state index in [2.05, 4.69) is 31.2 Å². The second-order valence-corrected chi connectivity index (χ2v) is 2.75. The first-order valence-corrected chi connectivity index (χ1v) is 4.54. The van der Waals surface area contributed by atoms with Crippen molar-refractivity contribution in [1.82, 2.24) is 0 Å². The first-order chi connectivity index (χ1) is 5.66. The summed E-state index contributed by atoms with van der Waals surface area (Å²) < 4.78 is 0. The molecule has 0 N–H and O–H groups in total. The molecule has 0 saturated carbocycles. The predicted octanol–water partition coefficient (Wildman–Crippen LogP) is 0.426. The molecule has 0 atom stereocenters. The Morgan fingerprint density at radius 3 is 1.92 bits per heavy atom. The minimum atomic E-state index is -0.864. The Hall–Kier alpha value is -1.33. The summed E-state index contributed by atoms with van der Waals surface area (Å²) in [6, 6.07) is 0. The van der Waals surface area contributed by atoms with Crippen LogP contribution in [-0.2, 0) is 4.79 Å². The van der Waals surface area contributed by atoms with Crippen LogP contribution in [0.25, 0.3) is 0 Å². The maximum atomic E-state index is 11.4. The van der Waals surface area contributed by atoms with Gasteiger partial charge in [0.25, 0.3) is 0 Å². The molecule has 0 unspecified atom stereocenters. The molecule has 1 nitrogen and oxygen atoms in total. The third-order valence-electron chi connectivity index (χ3n) is 1.65. The molecule has 0 aliphatic heterocycles. The van der Waals surface area contributed by atoms with Gasteiger partial charge in [0.15, 0.2) is 0 Å². The lowest BCUT2D eigenvalue weighted by Gasteiger charge is -2.16. The van der Waals surface area contributed by atoms with E-state index in [0.29, 0.717) is 10.2 Å². The molecule has 0 aromatic heterocycles. The lowest BCUT2D eigenvalue weighted by atomic mass is 9.84. The summed E-state index contributed by atoms with van der Waals surface area (Å²) >= 11 is 0. The van der Waals surface area contributed by atoms with Gasteiger partial charge in [-0.25, -0.2) is 0 Å². The number of hydrogen-bond acceptors (Lipinski definition) is 1. The fraction of sp³-hybridized carbons (Fsp3) is 0.100. The molecule has 62 valence electrons. The Morgan fingerprint density at radius 1 is 1.25 bits per heavy atom. The third-order valence-corrected chi connectivity index (χ3v) is 1.90. The number of carbonyl (C=O) groups excluding carboxylic acids is 1. The summed E-state index contributed by atoms with van der Waals surface area (Å²) in [5.74, 6) is 2.29. The van der Waals surface area contributed by atoms with Gasteiger partial charge >= 0.3 is 0 Å². The van der Waals surface area contributed by atoms with Gasteiger partial charge in [-0.3, -0.25) is 4.79 Å². The molecule has 0 aliphatic rings. The van der Waals surface area contributed by atoms with Crippen LogP contribution in [0.5, 0.6) is 0 Å². The zero-order valence-electron chi connectivity index (χ0n) is 7.26. The molecule has 0 radical (unpaired) electrons. The van der Waals surface area contributed by atoms with E-state index in [0.717, 1.165) is 0 Å². The highest BCUT2D eigenvalue weighted by atomic mass is 28.1. The summed E-state index contributed by atoms with van der Waals surface area (Å²) in [5, 5.41) is 0. The van der Waals surface area contributed by atoms with Crippen molar-refractivity contribution in [3.05, 3.63) is 38.0 Å². The summed E-state index contributed by atoms with van der Waals surface area (Å²) in [7, 11) is 0.693. The molecule has 0 aliphatic carbocycles. The van der Waals surface area contributed by atoms with Crippen LogP contribution in [0.3, 0.4) is 0 Å². The first kappa shape index (κ1) is 10.7. The summed E-state index contributed by atoms with van der Waals surface area (Å²) in [5.41, 5.74) is 1.81. The summed E-state index contributed by atoms with van der Waals surface area (Å²) in [4.78, 5) is 11.4. The van der Waals surface area contributed by atoms with E-state index in [1.165, 1.54) is 18.2 Å². The van der Waals surface area contributed by atoms with Gasteiger partial charge in [0.1, 0.15) is 0 Å². The Bertz CT molecular complexity index is 256. The Morgan fingerprint density at radius 2 is 1.67 bits per heavy atom. The normalized spacial score (nSPS) is 9.33. The topological polar surface area (TPSA) is 17.1 Å². The van der Waals surface area contributed by atoms with Gasteiger partial charge in [0, 0.05) is 0 Å². The van der Waals surface area contributed by atoms with Gasteiger partial charge in [-0.05, 0) is 5.92 Å². The SMILES string of the molecule is C=CC(C=C)(C=C)C(=O)C#C[SiH3]. The molecule has 0 amide bonds. The molecule has 0 saturated heterocycles. The minimum absolute atomic E-state index is 0.211. The molecule has 0 rings (SSSR count). The van der Waals surface area contributed by atoms with Crippen molar-refractivity contribution in [3.63, 3.8) is 0 Å². The van der Waals surface area contributed by atoms with Gasteiger partial charge in [0.2, 0.25) is 5.78 Å². The van der Waals surface area contributed by atoms with Gasteiger partial charge in [-0.15, -0.1) is 25.3 Å². The molecule has 0 heterocycles. The number of ketones is 1. The summed E-state index contributed by atoms with van der Waals surface area (Å²) in [6.45, 7) is 10.7. The van der Waals surface area contributed by atoms with E-state index in [-0.39, 0.29) is 5.78 Å². The second-order valence-electron chi connectivity index (χ2n) is 2.25. The fourth-order valence-corrected chi connectivity index (χ4v) is 0.977. The zero-order valence-corrected chi connectivity index (χ0v) is 9.26. The Labute approximate surface area is 76.3 Å². The Balaban J connectivity index is 5.05. The Kier molecular flexibility index (Phi) is 4.02. The average Bonchev–Trinajstić information content (AvgIpc) is 2.09. The van der Waals surface area contributed by atoms with Crippen molar-refractivity contribution in [2.45, 2.75) is 0 Å². The first-order valence-electron chi connectivity index (χ1n) is 3.54. The van der Waals surface area contributed by atoms with Crippen molar-refractivity contribution < 1.29 is 4.79 Å². The van der Waals surface area contributed by atoms with E-state index in [4.69, 9.17) is 0 Å². The van der Waals surface area contributed by atoms with Crippen LogP contribution in [0, 0.1) is 16.9 Å². The van der Waals surface area contributed by atoms with Crippen LogP contribution in [0.15, 0.2) is 38.0 Å². The van der Waals surface area contributed by atoms with Crippen LogP contribution < -0.4 is 0 Å².